The first-order valence-electron chi connectivity index (χ1n) is 7.15. The number of aromatic nitrogens is 2. The molecule has 4 nitrogen and oxygen atoms in total. The summed E-state index contributed by atoms with van der Waals surface area (Å²) in [5.74, 6) is 0.985. The van der Waals surface area contributed by atoms with Crippen molar-refractivity contribution in [3.8, 4) is 11.4 Å². The molecule has 23 heavy (non-hydrogen) atoms. The number of benzene rings is 2. The first-order valence-corrected chi connectivity index (χ1v) is 8.07. The number of nitrogens with zero attached hydrogens (tertiary/aromatic N) is 2. The number of hydrogen-bond donors (Lipinski definition) is 0. The largest absolute Gasteiger partial charge is 0.490 e. The zero-order valence-electron chi connectivity index (χ0n) is 12.4. The summed E-state index contributed by atoms with van der Waals surface area (Å²) < 4.78 is 7.09. The van der Waals surface area contributed by atoms with Gasteiger partial charge in [0, 0.05) is 0 Å². The summed E-state index contributed by atoms with van der Waals surface area (Å²) in [5, 5.41) is 0.953. The SMILES string of the molecule is CCOc1c(Cl)cccc1-n1c(CCl)nc2ccccc2c1=O. The van der Waals surface area contributed by atoms with E-state index in [0.29, 0.717) is 39.8 Å². The molecule has 0 spiro atoms. The van der Waals surface area contributed by atoms with E-state index in [1.54, 1.807) is 36.4 Å². The van der Waals surface area contributed by atoms with Gasteiger partial charge in [0.1, 0.15) is 5.82 Å². The van der Waals surface area contributed by atoms with Gasteiger partial charge in [-0.15, -0.1) is 11.6 Å². The summed E-state index contributed by atoms with van der Waals surface area (Å²) in [6.07, 6.45) is 0. The average molecular weight is 349 g/mol. The van der Waals surface area contributed by atoms with Crippen LogP contribution in [0.15, 0.2) is 47.3 Å². The summed E-state index contributed by atoms with van der Waals surface area (Å²) in [6, 6.07) is 12.4. The fourth-order valence-corrected chi connectivity index (χ4v) is 2.88. The minimum atomic E-state index is -0.200. The molecule has 2 aromatic carbocycles. The van der Waals surface area contributed by atoms with Crippen molar-refractivity contribution in [1.29, 1.82) is 0 Å². The van der Waals surface area contributed by atoms with E-state index in [1.807, 2.05) is 13.0 Å². The molecule has 0 unspecified atom stereocenters. The second-order valence-corrected chi connectivity index (χ2v) is 5.51. The number of alkyl halides is 1. The van der Waals surface area contributed by atoms with Crippen molar-refractivity contribution < 1.29 is 4.74 Å². The van der Waals surface area contributed by atoms with E-state index in [4.69, 9.17) is 27.9 Å². The van der Waals surface area contributed by atoms with Gasteiger partial charge in [0.05, 0.1) is 34.1 Å². The molecule has 0 atom stereocenters. The van der Waals surface area contributed by atoms with Crippen LogP contribution in [0.4, 0.5) is 0 Å². The molecule has 118 valence electrons. The monoisotopic (exact) mass is 348 g/mol. The molecule has 3 rings (SSSR count). The molecule has 6 heteroatoms. The van der Waals surface area contributed by atoms with E-state index >= 15 is 0 Å². The van der Waals surface area contributed by atoms with Gasteiger partial charge in [-0.2, -0.15) is 0 Å². The van der Waals surface area contributed by atoms with Crippen LogP contribution in [0.3, 0.4) is 0 Å². The first-order chi connectivity index (χ1) is 11.2. The van der Waals surface area contributed by atoms with Crippen LogP contribution in [0.25, 0.3) is 16.6 Å². The van der Waals surface area contributed by atoms with E-state index in [0.717, 1.165) is 0 Å². The highest BCUT2D eigenvalue weighted by atomic mass is 35.5. The Labute approximate surface area is 143 Å². The third-order valence-electron chi connectivity index (χ3n) is 3.44. The van der Waals surface area contributed by atoms with Gasteiger partial charge in [-0.3, -0.25) is 9.36 Å². The van der Waals surface area contributed by atoms with Crippen molar-refractivity contribution in [2.75, 3.05) is 6.61 Å². The fraction of sp³-hybridized carbons (Fsp3) is 0.176. The lowest BCUT2D eigenvalue weighted by atomic mass is 10.2. The molecule has 0 amide bonds. The molecule has 1 aromatic heterocycles. The molecule has 0 radical (unpaired) electrons. The molecule has 0 aliphatic rings. The third kappa shape index (κ3) is 2.80. The third-order valence-corrected chi connectivity index (χ3v) is 3.98. The Kier molecular flexibility index (Phi) is 4.55. The highest BCUT2D eigenvalue weighted by Gasteiger charge is 2.17. The normalized spacial score (nSPS) is 10.9. The lowest BCUT2D eigenvalue weighted by molar-refractivity contribution is 0.339. The van der Waals surface area contributed by atoms with Crippen LogP contribution in [0.1, 0.15) is 12.7 Å². The summed E-state index contributed by atoms with van der Waals surface area (Å²) in [4.78, 5) is 17.4. The number of fused-ring (bicyclic) bond motifs is 1. The van der Waals surface area contributed by atoms with E-state index < -0.39 is 0 Å². The number of ether oxygens (including phenoxy) is 1. The van der Waals surface area contributed by atoms with E-state index in [2.05, 4.69) is 4.98 Å². The maximum absolute atomic E-state index is 12.9. The predicted octanol–water partition coefficient (Wildman–Crippen LogP) is 4.18. The number of rotatable bonds is 4. The van der Waals surface area contributed by atoms with E-state index in [9.17, 15) is 4.79 Å². The zero-order valence-corrected chi connectivity index (χ0v) is 13.9. The summed E-state index contributed by atoms with van der Waals surface area (Å²) >= 11 is 12.3. The van der Waals surface area contributed by atoms with Crippen LogP contribution in [-0.4, -0.2) is 16.2 Å². The van der Waals surface area contributed by atoms with Crippen molar-refractivity contribution in [3.63, 3.8) is 0 Å². The van der Waals surface area contributed by atoms with Gasteiger partial charge in [0.25, 0.3) is 5.56 Å². The maximum atomic E-state index is 12.9. The van der Waals surface area contributed by atoms with Crippen LogP contribution in [0, 0.1) is 0 Å². The second-order valence-electron chi connectivity index (χ2n) is 4.84. The molecule has 0 N–H and O–H groups in total. The van der Waals surface area contributed by atoms with Gasteiger partial charge in [-0.25, -0.2) is 4.98 Å². The Balaban J connectivity index is 2.39. The molecule has 0 saturated carbocycles. The molecular weight excluding hydrogens is 335 g/mol. The van der Waals surface area contributed by atoms with Crippen LogP contribution in [-0.2, 0) is 5.88 Å². The molecule has 0 aliphatic heterocycles. The van der Waals surface area contributed by atoms with Crippen molar-refractivity contribution >= 4 is 34.1 Å². The first kappa shape index (κ1) is 15.8. The fourth-order valence-electron chi connectivity index (χ4n) is 2.48. The van der Waals surface area contributed by atoms with Gasteiger partial charge in [-0.1, -0.05) is 29.8 Å². The van der Waals surface area contributed by atoms with Crippen LogP contribution in [0.5, 0.6) is 5.75 Å². The van der Waals surface area contributed by atoms with Gasteiger partial charge in [0.15, 0.2) is 5.75 Å². The Morgan fingerprint density at radius 2 is 1.96 bits per heavy atom. The maximum Gasteiger partial charge on any atom is 0.266 e. The van der Waals surface area contributed by atoms with Gasteiger partial charge < -0.3 is 4.74 Å². The Morgan fingerprint density at radius 1 is 1.17 bits per heavy atom. The topological polar surface area (TPSA) is 44.1 Å². The minimum Gasteiger partial charge on any atom is -0.490 e. The van der Waals surface area contributed by atoms with Crippen molar-refractivity contribution in [2.24, 2.45) is 0 Å². The van der Waals surface area contributed by atoms with Crippen molar-refractivity contribution in [2.45, 2.75) is 12.8 Å². The number of halogens is 2. The van der Waals surface area contributed by atoms with Gasteiger partial charge in [-0.05, 0) is 31.2 Å². The predicted molar refractivity (Wildman–Crippen MR) is 93.1 cm³/mol. The second kappa shape index (κ2) is 6.60. The molecule has 0 aliphatic carbocycles. The molecular formula is C17H14Cl2N2O2. The van der Waals surface area contributed by atoms with Gasteiger partial charge >= 0.3 is 0 Å². The van der Waals surface area contributed by atoms with Crippen LogP contribution >= 0.6 is 23.2 Å². The van der Waals surface area contributed by atoms with E-state index in [-0.39, 0.29) is 11.4 Å². The number of hydrogen-bond acceptors (Lipinski definition) is 3. The Morgan fingerprint density at radius 3 is 2.70 bits per heavy atom. The van der Waals surface area contributed by atoms with Crippen molar-refractivity contribution in [1.82, 2.24) is 9.55 Å². The van der Waals surface area contributed by atoms with E-state index in [1.165, 1.54) is 4.57 Å². The molecule has 0 bridgehead atoms. The average Bonchev–Trinajstić information content (AvgIpc) is 2.57. The Bertz CT molecular complexity index is 922. The summed E-state index contributed by atoms with van der Waals surface area (Å²) in [7, 11) is 0. The number of para-hydroxylation sites is 2. The Hall–Kier alpha value is -2.04. The van der Waals surface area contributed by atoms with Crippen LogP contribution in [0.2, 0.25) is 5.02 Å². The highest BCUT2D eigenvalue weighted by Crippen LogP contribution is 2.31. The van der Waals surface area contributed by atoms with Gasteiger partial charge in [0.2, 0.25) is 0 Å². The lowest BCUT2D eigenvalue weighted by Gasteiger charge is -2.16. The highest BCUT2D eigenvalue weighted by molar-refractivity contribution is 6.32. The smallest absolute Gasteiger partial charge is 0.266 e. The quantitative estimate of drug-likeness (QED) is 0.664. The molecule has 0 saturated heterocycles. The summed E-state index contributed by atoms with van der Waals surface area (Å²) in [5.41, 5.74) is 0.956. The lowest BCUT2D eigenvalue weighted by Crippen LogP contribution is -2.24. The molecule has 3 aromatic rings. The van der Waals surface area contributed by atoms with Crippen LogP contribution < -0.4 is 10.3 Å². The molecule has 0 fully saturated rings. The van der Waals surface area contributed by atoms with Crippen molar-refractivity contribution in [3.05, 3.63) is 63.7 Å². The molecule has 1 heterocycles. The summed E-state index contributed by atoms with van der Waals surface area (Å²) in [6.45, 7) is 2.29. The minimum absolute atomic E-state index is 0.0954. The zero-order chi connectivity index (χ0) is 16.4. The standard InChI is InChI=1S/C17H14Cl2N2O2/c1-2-23-16-12(19)7-5-9-14(16)21-15(10-18)20-13-8-4-3-6-11(13)17(21)22/h3-9H,2,10H2,1H3.